The van der Waals surface area contributed by atoms with Gasteiger partial charge in [-0.2, -0.15) is 0 Å². The van der Waals surface area contributed by atoms with E-state index in [0.29, 0.717) is 45.1 Å². The predicted molar refractivity (Wildman–Crippen MR) is 122 cm³/mol. The summed E-state index contributed by atoms with van der Waals surface area (Å²) in [6.45, 7) is 9.23. The molecule has 0 radical (unpaired) electrons. The number of morpholine rings is 1. The lowest BCUT2D eigenvalue weighted by Crippen LogP contribution is -2.42. The van der Waals surface area contributed by atoms with Crippen LogP contribution in [0.1, 0.15) is 45.2 Å². The number of fused-ring (bicyclic) bond motifs is 1. The second-order valence-corrected chi connectivity index (χ2v) is 9.46. The molecule has 0 atom stereocenters. The summed E-state index contributed by atoms with van der Waals surface area (Å²) >= 11 is 0. The number of amides is 2. The molecule has 178 valence electrons. The van der Waals surface area contributed by atoms with Crippen molar-refractivity contribution in [3.8, 4) is 5.75 Å². The summed E-state index contributed by atoms with van der Waals surface area (Å²) in [5, 5.41) is 0.972. The van der Waals surface area contributed by atoms with Gasteiger partial charge in [0.05, 0.1) is 24.4 Å². The van der Waals surface area contributed by atoms with Crippen molar-refractivity contribution in [3.05, 3.63) is 30.2 Å². The maximum Gasteiger partial charge on any atom is 0.410 e. The number of hydrogen-bond acceptors (Lipinski definition) is 7. The Morgan fingerprint density at radius 2 is 1.79 bits per heavy atom. The molecule has 0 saturated carbocycles. The Labute approximate surface area is 194 Å². The molecule has 1 aromatic carbocycles. The van der Waals surface area contributed by atoms with Crippen LogP contribution in [0.3, 0.4) is 0 Å². The molecule has 0 bridgehead atoms. The normalized spacial score (nSPS) is 17.8. The molecule has 2 saturated heterocycles. The lowest BCUT2D eigenvalue weighted by Gasteiger charge is -2.33. The van der Waals surface area contributed by atoms with Gasteiger partial charge in [0.1, 0.15) is 17.7 Å². The Morgan fingerprint density at radius 1 is 1.06 bits per heavy atom. The first-order valence-corrected chi connectivity index (χ1v) is 11.5. The van der Waals surface area contributed by atoms with Gasteiger partial charge in [-0.1, -0.05) is 0 Å². The van der Waals surface area contributed by atoms with Crippen LogP contribution in [0.25, 0.3) is 10.9 Å². The van der Waals surface area contributed by atoms with Crippen molar-refractivity contribution in [1.82, 2.24) is 19.8 Å². The monoisotopic (exact) mass is 456 g/mol. The van der Waals surface area contributed by atoms with Crippen molar-refractivity contribution in [1.29, 1.82) is 0 Å². The molecule has 2 aliphatic rings. The molecule has 2 aromatic rings. The first kappa shape index (κ1) is 23.2. The highest BCUT2D eigenvalue weighted by molar-refractivity contribution is 5.83. The summed E-state index contributed by atoms with van der Waals surface area (Å²) in [4.78, 5) is 37.2. The number of benzene rings is 1. The molecule has 2 aliphatic heterocycles. The Bertz CT molecular complexity index is 992. The minimum atomic E-state index is -0.497. The number of likely N-dealkylation sites (tertiary alicyclic amines) is 1. The third-order valence-corrected chi connectivity index (χ3v) is 5.90. The Kier molecular flexibility index (Phi) is 6.97. The molecule has 0 aliphatic carbocycles. The topological polar surface area (TPSA) is 94.1 Å². The third kappa shape index (κ3) is 5.90. The Morgan fingerprint density at radius 3 is 2.48 bits per heavy atom. The number of ether oxygens (including phenoxy) is 3. The fourth-order valence-corrected chi connectivity index (χ4v) is 4.18. The van der Waals surface area contributed by atoms with Gasteiger partial charge in [0.2, 0.25) is 0 Å². The highest BCUT2D eigenvalue weighted by Crippen LogP contribution is 2.32. The number of carbonyl (C=O) groups is 2. The fourth-order valence-electron chi connectivity index (χ4n) is 4.18. The molecule has 0 spiro atoms. The van der Waals surface area contributed by atoms with Gasteiger partial charge in [-0.3, -0.25) is 4.79 Å². The van der Waals surface area contributed by atoms with Crippen LogP contribution >= 0.6 is 0 Å². The number of aromatic nitrogens is 2. The summed E-state index contributed by atoms with van der Waals surface area (Å²) in [6.07, 6.45) is 2.94. The molecule has 3 heterocycles. The summed E-state index contributed by atoms with van der Waals surface area (Å²) < 4.78 is 16.5. The molecule has 33 heavy (non-hydrogen) atoms. The molecule has 0 N–H and O–H groups in total. The number of hydrogen-bond donors (Lipinski definition) is 0. The largest absolute Gasteiger partial charge is 0.484 e. The SMILES string of the molecule is CC(C)(C)OC(=O)N1CCC(c2ncnc3cc(OCC(=O)N4CCOCC4)ccc23)CC1. The van der Waals surface area contributed by atoms with Crippen molar-refractivity contribution in [3.63, 3.8) is 0 Å². The first-order valence-electron chi connectivity index (χ1n) is 11.5. The van der Waals surface area contributed by atoms with E-state index in [2.05, 4.69) is 9.97 Å². The van der Waals surface area contributed by atoms with Crippen molar-refractivity contribution in [2.45, 2.75) is 45.1 Å². The van der Waals surface area contributed by atoms with Crippen LogP contribution in [0.2, 0.25) is 0 Å². The summed E-state index contributed by atoms with van der Waals surface area (Å²) in [6, 6.07) is 5.67. The van der Waals surface area contributed by atoms with E-state index >= 15 is 0 Å². The Hall–Kier alpha value is -2.94. The van der Waals surface area contributed by atoms with Crippen LogP contribution < -0.4 is 4.74 Å². The van der Waals surface area contributed by atoms with E-state index in [1.165, 1.54) is 0 Å². The molecule has 9 heteroatoms. The van der Waals surface area contributed by atoms with Crippen LogP contribution in [-0.4, -0.2) is 83.4 Å². The lowest BCUT2D eigenvalue weighted by atomic mass is 9.91. The van der Waals surface area contributed by atoms with Gasteiger partial charge in [0, 0.05) is 43.5 Å². The maximum absolute atomic E-state index is 12.3. The van der Waals surface area contributed by atoms with E-state index in [9.17, 15) is 9.59 Å². The standard InChI is InChI=1S/C24H32N4O5/c1-24(2,3)33-23(30)28-8-6-17(7-9-28)22-19-5-4-18(14-20(19)25-16-26-22)32-15-21(29)27-10-12-31-13-11-27/h4-5,14,16-17H,6-13,15H2,1-3H3. The first-order chi connectivity index (χ1) is 15.8. The summed E-state index contributed by atoms with van der Waals surface area (Å²) in [7, 11) is 0. The summed E-state index contributed by atoms with van der Waals surface area (Å²) in [5.41, 5.74) is 1.27. The highest BCUT2D eigenvalue weighted by Gasteiger charge is 2.29. The maximum atomic E-state index is 12.3. The highest BCUT2D eigenvalue weighted by atomic mass is 16.6. The minimum Gasteiger partial charge on any atom is -0.484 e. The van der Waals surface area contributed by atoms with E-state index in [1.54, 1.807) is 16.1 Å². The van der Waals surface area contributed by atoms with Gasteiger partial charge >= 0.3 is 6.09 Å². The van der Waals surface area contributed by atoms with Crippen LogP contribution in [-0.2, 0) is 14.3 Å². The van der Waals surface area contributed by atoms with Gasteiger partial charge in [-0.05, 0) is 45.7 Å². The zero-order valence-corrected chi connectivity index (χ0v) is 19.6. The molecule has 2 fully saturated rings. The van der Waals surface area contributed by atoms with Crippen molar-refractivity contribution < 1.29 is 23.8 Å². The van der Waals surface area contributed by atoms with Crippen LogP contribution in [0, 0.1) is 0 Å². The summed E-state index contributed by atoms with van der Waals surface area (Å²) in [5.74, 6) is 0.802. The van der Waals surface area contributed by atoms with Crippen molar-refractivity contribution in [2.75, 3.05) is 46.0 Å². The zero-order chi connectivity index (χ0) is 23.4. The van der Waals surface area contributed by atoms with Crippen LogP contribution in [0.15, 0.2) is 24.5 Å². The molecular formula is C24H32N4O5. The van der Waals surface area contributed by atoms with Gasteiger partial charge < -0.3 is 24.0 Å². The number of piperidine rings is 1. The average Bonchev–Trinajstić information content (AvgIpc) is 2.81. The molecule has 0 unspecified atom stereocenters. The third-order valence-electron chi connectivity index (χ3n) is 5.90. The molecule has 1 aromatic heterocycles. The molecule has 4 rings (SSSR count). The quantitative estimate of drug-likeness (QED) is 0.698. The molecular weight excluding hydrogens is 424 g/mol. The van der Waals surface area contributed by atoms with E-state index in [4.69, 9.17) is 14.2 Å². The smallest absolute Gasteiger partial charge is 0.410 e. The minimum absolute atomic E-state index is 0.00737. The van der Waals surface area contributed by atoms with Crippen molar-refractivity contribution >= 4 is 22.9 Å². The number of nitrogens with zero attached hydrogens (tertiary/aromatic N) is 4. The average molecular weight is 457 g/mol. The lowest BCUT2D eigenvalue weighted by molar-refractivity contribution is -0.137. The predicted octanol–water partition coefficient (Wildman–Crippen LogP) is 2.98. The van der Waals surface area contributed by atoms with Crippen LogP contribution in [0.4, 0.5) is 4.79 Å². The second-order valence-electron chi connectivity index (χ2n) is 9.46. The number of carbonyl (C=O) groups excluding carboxylic acids is 2. The zero-order valence-electron chi connectivity index (χ0n) is 19.6. The van der Waals surface area contributed by atoms with Gasteiger partial charge in [-0.15, -0.1) is 0 Å². The number of rotatable bonds is 4. The second kappa shape index (κ2) is 9.91. The van der Waals surface area contributed by atoms with Gasteiger partial charge in [0.25, 0.3) is 5.91 Å². The van der Waals surface area contributed by atoms with E-state index in [1.807, 2.05) is 39.0 Å². The van der Waals surface area contributed by atoms with E-state index < -0.39 is 5.60 Å². The molecule has 9 nitrogen and oxygen atoms in total. The Balaban J connectivity index is 1.38. The fraction of sp³-hybridized carbons (Fsp3) is 0.583. The van der Waals surface area contributed by atoms with Gasteiger partial charge in [-0.25, -0.2) is 14.8 Å². The van der Waals surface area contributed by atoms with Gasteiger partial charge in [0.15, 0.2) is 6.61 Å². The van der Waals surface area contributed by atoms with Crippen LogP contribution in [0.5, 0.6) is 5.75 Å². The van der Waals surface area contributed by atoms with Crippen molar-refractivity contribution in [2.24, 2.45) is 0 Å². The van der Waals surface area contributed by atoms with E-state index in [0.717, 1.165) is 29.4 Å². The van der Waals surface area contributed by atoms with E-state index in [-0.39, 0.29) is 24.5 Å². The molecule has 2 amide bonds.